The van der Waals surface area contributed by atoms with Gasteiger partial charge in [-0.15, -0.1) is 0 Å². The largest absolute Gasteiger partial charge is 0.326 e. The van der Waals surface area contributed by atoms with Crippen LogP contribution in [0.3, 0.4) is 0 Å². The summed E-state index contributed by atoms with van der Waals surface area (Å²) in [5, 5.41) is 5.88. The first-order valence-corrected chi connectivity index (χ1v) is 9.38. The van der Waals surface area contributed by atoms with Gasteiger partial charge in [0.25, 0.3) is 0 Å². The van der Waals surface area contributed by atoms with E-state index in [-0.39, 0.29) is 18.2 Å². The number of rotatable bonds is 4. The van der Waals surface area contributed by atoms with Crippen molar-refractivity contribution in [2.45, 2.75) is 43.4 Å². The van der Waals surface area contributed by atoms with Gasteiger partial charge in [0.05, 0.1) is 6.04 Å². The molecule has 2 N–H and O–H groups in total. The van der Waals surface area contributed by atoms with Crippen molar-refractivity contribution in [3.8, 4) is 0 Å². The van der Waals surface area contributed by atoms with Crippen LogP contribution in [0.2, 0.25) is 0 Å². The van der Waals surface area contributed by atoms with Crippen LogP contribution in [0, 0.1) is 0 Å². The minimum Gasteiger partial charge on any atom is -0.326 e. The third kappa shape index (κ3) is 4.57. The molecule has 0 spiro atoms. The Morgan fingerprint density at radius 3 is 2.70 bits per heavy atom. The summed E-state index contributed by atoms with van der Waals surface area (Å²) >= 11 is 4.72. The quantitative estimate of drug-likeness (QED) is 0.821. The number of amidine groups is 1. The van der Waals surface area contributed by atoms with Gasteiger partial charge in [-0.2, -0.15) is 0 Å². The van der Waals surface area contributed by atoms with Crippen molar-refractivity contribution in [1.29, 1.82) is 0 Å². The zero-order chi connectivity index (χ0) is 16.2. The number of hydrogen-bond acceptors (Lipinski definition) is 4. The van der Waals surface area contributed by atoms with Crippen molar-refractivity contribution in [2.24, 2.45) is 4.99 Å². The summed E-state index contributed by atoms with van der Waals surface area (Å²) in [5.74, 6) is -0.292. The summed E-state index contributed by atoms with van der Waals surface area (Å²) in [6, 6.07) is 7.68. The van der Waals surface area contributed by atoms with Crippen LogP contribution in [-0.2, 0) is 9.59 Å². The molecule has 1 atom stereocenters. The number of benzene rings is 1. The number of halogens is 1. The lowest BCUT2D eigenvalue weighted by molar-refractivity contribution is -0.122. The van der Waals surface area contributed by atoms with Crippen molar-refractivity contribution in [1.82, 2.24) is 5.32 Å². The first kappa shape index (κ1) is 16.5. The molecule has 23 heavy (non-hydrogen) atoms. The van der Waals surface area contributed by atoms with Gasteiger partial charge in [-0.25, -0.2) is 0 Å². The maximum atomic E-state index is 12.1. The number of carbonyl (C=O) groups excluding carboxylic acids is 2. The lowest BCUT2D eigenvalue weighted by Gasteiger charge is -2.07. The fourth-order valence-electron chi connectivity index (χ4n) is 2.71. The number of thioether (sulfide) groups is 1. The van der Waals surface area contributed by atoms with E-state index in [4.69, 9.17) is 0 Å². The highest BCUT2D eigenvalue weighted by Gasteiger charge is 2.32. The molecule has 1 aromatic rings. The number of hydrogen-bond donors (Lipinski definition) is 2. The van der Waals surface area contributed by atoms with Crippen molar-refractivity contribution in [3.63, 3.8) is 0 Å². The molecular formula is C16H18BrN3O2S. The lowest BCUT2D eigenvalue weighted by atomic mass is 10.2. The molecule has 0 radical (unpaired) electrons. The van der Waals surface area contributed by atoms with Crippen LogP contribution in [0.25, 0.3) is 0 Å². The first-order chi connectivity index (χ1) is 11.1. The van der Waals surface area contributed by atoms with Gasteiger partial charge in [-0.1, -0.05) is 40.5 Å². The smallest absolute Gasteiger partial charge is 0.240 e. The number of anilines is 1. The van der Waals surface area contributed by atoms with E-state index in [0.717, 1.165) is 23.0 Å². The number of nitrogens with zero attached hydrogens (tertiary/aromatic N) is 1. The molecule has 2 amide bonds. The molecule has 1 heterocycles. The van der Waals surface area contributed by atoms with Crippen molar-refractivity contribution < 1.29 is 9.59 Å². The second-order valence-corrected chi connectivity index (χ2v) is 7.83. The highest BCUT2D eigenvalue weighted by molar-refractivity contribution is 9.10. The molecule has 5 nitrogen and oxygen atoms in total. The van der Waals surface area contributed by atoms with Crippen LogP contribution in [0.5, 0.6) is 0 Å². The zero-order valence-corrected chi connectivity index (χ0v) is 15.0. The maximum Gasteiger partial charge on any atom is 0.240 e. The molecule has 2 fully saturated rings. The maximum absolute atomic E-state index is 12.1. The summed E-state index contributed by atoms with van der Waals surface area (Å²) in [5.41, 5.74) is 0.724. The van der Waals surface area contributed by atoms with Crippen LogP contribution in [0.15, 0.2) is 33.7 Å². The van der Waals surface area contributed by atoms with E-state index < -0.39 is 5.25 Å². The Hall–Kier alpha value is -1.34. The predicted octanol–water partition coefficient (Wildman–Crippen LogP) is 3.31. The SMILES string of the molecule is O=C(C[C@@H]1SC(=NC2CCCC2)NC1=O)Nc1ccc(Br)cc1. The third-order valence-electron chi connectivity index (χ3n) is 3.90. The minimum absolute atomic E-state index is 0.127. The molecule has 2 aliphatic rings. The van der Waals surface area contributed by atoms with Crippen molar-refractivity contribution in [3.05, 3.63) is 28.7 Å². The van der Waals surface area contributed by atoms with Gasteiger partial charge >= 0.3 is 0 Å². The fraction of sp³-hybridized carbons (Fsp3) is 0.438. The Morgan fingerprint density at radius 1 is 1.30 bits per heavy atom. The van der Waals surface area contributed by atoms with Gasteiger partial charge < -0.3 is 10.6 Å². The van der Waals surface area contributed by atoms with Crippen LogP contribution < -0.4 is 10.6 Å². The molecule has 0 bridgehead atoms. The number of aliphatic imine (C=N–C) groups is 1. The van der Waals surface area contributed by atoms with Crippen molar-refractivity contribution >= 4 is 50.4 Å². The Bertz CT molecular complexity index is 627. The number of carbonyl (C=O) groups is 2. The van der Waals surface area contributed by atoms with Gasteiger partial charge in [0.15, 0.2) is 5.17 Å². The number of amides is 2. The molecule has 1 saturated carbocycles. The summed E-state index contributed by atoms with van der Waals surface area (Å²) < 4.78 is 0.953. The Morgan fingerprint density at radius 2 is 2.00 bits per heavy atom. The molecule has 122 valence electrons. The second-order valence-electron chi connectivity index (χ2n) is 5.73. The lowest BCUT2D eigenvalue weighted by Crippen LogP contribution is -2.28. The van der Waals surface area contributed by atoms with Crippen LogP contribution >= 0.6 is 27.7 Å². The Kier molecular flexibility index (Phi) is 5.38. The van der Waals surface area contributed by atoms with Crippen LogP contribution in [-0.4, -0.2) is 28.3 Å². The van der Waals surface area contributed by atoms with E-state index in [2.05, 4.69) is 31.6 Å². The molecule has 7 heteroatoms. The van der Waals surface area contributed by atoms with E-state index >= 15 is 0 Å². The molecule has 0 unspecified atom stereocenters. The summed E-state index contributed by atoms with van der Waals surface area (Å²) in [7, 11) is 0. The second kappa shape index (κ2) is 7.49. The zero-order valence-electron chi connectivity index (χ0n) is 12.5. The van der Waals surface area contributed by atoms with E-state index in [0.29, 0.717) is 11.2 Å². The monoisotopic (exact) mass is 395 g/mol. The molecule has 1 aliphatic carbocycles. The van der Waals surface area contributed by atoms with E-state index in [1.54, 1.807) is 0 Å². The minimum atomic E-state index is -0.398. The predicted molar refractivity (Wildman–Crippen MR) is 96.6 cm³/mol. The van der Waals surface area contributed by atoms with Gasteiger partial charge in [-0.3, -0.25) is 14.6 Å². The molecule has 3 rings (SSSR count). The van der Waals surface area contributed by atoms with Gasteiger partial charge in [0, 0.05) is 16.6 Å². The topological polar surface area (TPSA) is 70.6 Å². The molecule has 1 aliphatic heterocycles. The Balaban J connectivity index is 1.54. The first-order valence-electron chi connectivity index (χ1n) is 7.71. The molecule has 1 saturated heterocycles. The third-order valence-corrected chi connectivity index (χ3v) is 5.52. The highest BCUT2D eigenvalue weighted by Crippen LogP contribution is 2.27. The Labute approximate surface area is 147 Å². The standard InChI is InChI=1S/C16H18BrN3O2S/c17-10-5-7-12(8-6-10)18-14(21)9-13-15(22)20-16(23-13)19-11-3-1-2-4-11/h5-8,11,13H,1-4,9H2,(H,18,21)(H,19,20,22)/t13-/m0/s1. The summed E-state index contributed by atoms with van der Waals surface area (Å²) in [6.45, 7) is 0. The van der Waals surface area contributed by atoms with Crippen molar-refractivity contribution in [2.75, 3.05) is 5.32 Å². The van der Waals surface area contributed by atoms with Gasteiger partial charge in [0.1, 0.15) is 5.25 Å². The van der Waals surface area contributed by atoms with Gasteiger partial charge in [-0.05, 0) is 37.1 Å². The fourth-order valence-corrected chi connectivity index (χ4v) is 4.02. The average Bonchev–Trinajstić information content (AvgIpc) is 3.12. The summed E-state index contributed by atoms with van der Waals surface area (Å²) in [6.07, 6.45) is 4.75. The normalized spacial score (nSPS) is 23.3. The molecule has 0 aromatic heterocycles. The molecular weight excluding hydrogens is 378 g/mol. The number of nitrogens with one attached hydrogen (secondary N) is 2. The van der Waals surface area contributed by atoms with Crippen LogP contribution in [0.1, 0.15) is 32.1 Å². The average molecular weight is 396 g/mol. The molecule has 1 aromatic carbocycles. The van der Waals surface area contributed by atoms with Gasteiger partial charge in [0.2, 0.25) is 11.8 Å². The van der Waals surface area contributed by atoms with Crippen LogP contribution in [0.4, 0.5) is 5.69 Å². The van der Waals surface area contributed by atoms with E-state index in [1.165, 1.54) is 24.6 Å². The van der Waals surface area contributed by atoms with E-state index in [1.807, 2.05) is 24.3 Å². The van der Waals surface area contributed by atoms with E-state index in [9.17, 15) is 9.59 Å². The highest BCUT2D eigenvalue weighted by atomic mass is 79.9. The summed E-state index contributed by atoms with van der Waals surface area (Å²) in [4.78, 5) is 28.7.